The van der Waals surface area contributed by atoms with Crippen LogP contribution in [0, 0.1) is 0 Å². The van der Waals surface area contributed by atoms with Crippen molar-refractivity contribution in [2.45, 2.75) is 33.0 Å². The summed E-state index contributed by atoms with van der Waals surface area (Å²) in [4.78, 5) is 13.0. The Balaban J connectivity index is 1.94. The second-order valence-corrected chi connectivity index (χ2v) is 7.04. The van der Waals surface area contributed by atoms with E-state index in [2.05, 4.69) is 20.9 Å². The largest absolute Gasteiger partial charge is 0.417 e. The summed E-state index contributed by atoms with van der Waals surface area (Å²) in [7, 11) is 0. The topological polar surface area (TPSA) is 101 Å². The van der Waals surface area contributed by atoms with Crippen LogP contribution in [0.3, 0.4) is 0 Å². The van der Waals surface area contributed by atoms with E-state index in [-0.39, 0.29) is 28.7 Å². The molecule has 2 heterocycles. The molecule has 8 nitrogen and oxygen atoms in total. The van der Waals surface area contributed by atoms with Gasteiger partial charge in [0.15, 0.2) is 5.70 Å². The maximum atomic E-state index is 13.4. The number of anilines is 1. The van der Waals surface area contributed by atoms with Crippen molar-refractivity contribution in [2.75, 3.05) is 5.32 Å². The number of hydrogen-bond donors (Lipinski definition) is 3. The fourth-order valence-corrected chi connectivity index (χ4v) is 3.01. The first-order valence-corrected chi connectivity index (χ1v) is 9.39. The molecule has 164 valence electrons. The van der Waals surface area contributed by atoms with Crippen molar-refractivity contribution in [3.8, 4) is 0 Å². The highest BCUT2D eigenvalue weighted by Crippen LogP contribution is 2.32. The van der Waals surface area contributed by atoms with E-state index < -0.39 is 17.6 Å². The van der Waals surface area contributed by atoms with Crippen LogP contribution in [0.4, 0.5) is 19.0 Å². The lowest BCUT2D eigenvalue weighted by atomic mass is 10.0. The number of alkyl halides is 3. The molecule has 4 N–H and O–H groups in total. The van der Waals surface area contributed by atoms with Crippen LogP contribution in [0.15, 0.2) is 65.3 Å². The van der Waals surface area contributed by atoms with Gasteiger partial charge in [0.1, 0.15) is 5.82 Å². The standard InChI is InChI=1S/C20H22F3N7O/c1-12(2)29-17(9-11-25-29)27-19(31)18(13(3)24)30-26-10-8-16(28-30)14-6-4-5-7-15(14)20(21,22)23/h4-12,26H,24H2,1-3H3,(H,27,31)/b18-13-. The first-order valence-electron chi connectivity index (χ1n) is 9.39. The average molecular weight is 433 g/mol. The molecule has 1 amide bonds. The predicted octanol–water partition coefficient (Wildman–Crippen LogP) is 3.35. The van der Waals surface area contributed by atoms with Gasteiger partial charge >= 0.3 is 6.18 Å². The summed E-state index contributed by atoms with van der Waals surface area (Å²) in [5.41, 5.74) is 7.75. The van der Waals surface area contributed by atoms with Gasteiger partial charge in [-0.25, -0.2) is 4.68 Å². The minimum Gasteiger partial charge on any atom is -0.400 e. The molecule has 0 bridgehead atoms. The van der Waals surface area contributed by atoms with Gasteiger partial charge in [0.25, 0.3) is 5.91 Å². The third-order valence-electron chi connectivity index (χ3n) is 4.36. The lowest BCUT2D eigenvalue weighted by Crippen LogP contribution is -2.39. The van der Waals surface area contributed by atoms with Crippen LogP contribution in [-0.2, 0) is 11.0 Å². The van der Waals surface area contributed by atoms with Crippen LogP contribution in [-0.4, -0.2) is 26.5 Å². The Bertz CT molecular complexity index is 1060. The number of carbonyl (C=O) groups excluding carboxylic acids is 1. The van der Waals surface area contributed by atoms with E-state index in [9.17, 15) is 18.0 Å². The molecule has 2 aromatic rings. The molecule has 0 saturated carbocycles. The van der Waals surface area contributed by atoms with Crippen LogP contribution >= 0.6 is 0 Å². The summed E-state index contributed by atoms with van der Waals surface area (Å²) in [5.74, 6) is -0.157. The molecule has 1 aromatic carbocycles. The number of nitrogens with two attached hydrogens (primary N) is 1. The molecule has 0 spiro atoms. The maximum Gasteiger partial charge on any atom is 0.417 e. The van der Waals surface area contributed by atoms with Gasteiger partial charge < -0.3 is 11.1 Å². The summed E-state index contributed by atoms with van der Waals surface area (Å²) in [6, 6.07) is 6.70. The fraction of sp³-hybridized carbons (Fsp3) is 0.250. The Labute approximate surface area is 176 Å². The van der Waals surface area contributed by atoms with E-state index in [1.165, 1.54) is 37.4 Å². The van der Waals surface area contributed by atoms with Gasteiger partial charge in [0, 0.05) is 29.6 Å². The normalized spacial score (nSPS) is 14.8. The van der Waals surface area contributed by atoms with E-state index >= 15 is 0 Å². The number of hydrazine groups is 1. The molecule has 0 saturated heterocycles. The highest BCUT2D eigenvalue weighted by atomic mass is 19.4. The van der Waals surface area contributed by atoms with Crippen molar-refractivity contribution in [2.24, 2.45) is 10.8 Å². The molecule has 1 aliphatic heterocycles. The van der Waals surface area contributed by atoms with Gasteiger partial charge in [-0.2, -0.15) is 28.5 Å². The lowest BCUT2D eigenvalue weighted by Gasteiger charge is -2.26. The number of aromatic nitrogens is 2. The van der Waals surface area contributed by atoms with Crippen LogP contribution in [0.1, 0.15) is 37.9 Å². The molecule has 0 unspecified atom stereocenters. The fourth-order valence-electron chi connectivity index (χ4n) is 3.01. The van der Waals surface area contributed by atoms with Gasteiger partial charge in [-0.3, -0.25) is 10.2 Å². The molecule has 11 heteroatoms. The number of nitrogens with zero attached hydrogens (tertiary/aromatic N) is 4. The summed E-state index contributed by atoms with van der Waals surface area (Å²) in [5, 5.41) is 12.1. The maximum absolute atomic E-state index is 13.4. The number of benzene rings is 1. The zero-order valence-corrected chi connectivity index (χ0v) is 17.1. The molecular formula is C20H22F3N7O. The first-order chi connectivity index (χ1) is 14.6. The minimum absolute atomic E-state index is 0.00348. The Hall–Kier alpha value is -3.76. The van der Waals surface area contributed by atoms with Gasteiger partial charge in [-0.05, 0) is 32.9 Å². The zero-order chi connectivity index (χ0) is 22.8. The number of hydrogen-bond acceptors (Lipinski definition) is 6. The van der Waals surface area contributed by atoms with E-state index in [0.29, 0.717) is 5.82 Å². The molecule has 1 aliphatic rings. The Morgan fingerprint density at radius 1 is 1.23 bits per heavy atom. The highest BCUT2D eigenvalue weighted by Gasteiger charge is 2.34. The van der Waals surface area contributed by atoms with Crippen molar-refractivity contribution in [3.63, 3.8) is 0 Å². The number of rotatable bonds is 5. The molecular weight excluding hydrogens is 411 g/mol. The Morgan fingerprint density at radius 3 is 2.58 bits per heavy atom. The first kappa shape index (κ1) is 21.9. The van der Waals surface area contributed by atoms with Crippen LogP contribution in [0.2, 0.25) is 0 Å². The van der Waals surface area contributed by atoms with Gasteiger partial charge in [-0.1, -0.05) is 18.2 Å². The summed E-state index contributed by atoms with van der Waals surface area (Å²) in [6.45, 7) is 5.30. The van der Waals surface area contributed by atoms with Crippen molar-refractivity contribution < 1.29 is 18.0 Å². The summed E-state index contributed by atoms with van der Waals surface area (Å²) >= 11 is 0. The smallest absolute Gasteiger partial charge is 0.400 e. The van der Waals surface area contributed by atoms with Gasteiger partial charge in [-0.15, -0.1) is 0 Å². The van der Waals surface area contributed by atoms with E-state index in [0.717, 1.165) is 11.2 Å². The second-order valence-electron chi connectivity index (χ2n) is 7.04. The van der Waals surface area contributed by atoms with E-state index in [4.69, 9.17) is 5.73 Å². The lowest BCUT2D eigenvalue weighted by molar-refractivity contribution is -0.137. The van der Waals surface area contributed by atoms with E-state index in [1.54, 1.807) is 16.9 Å². The quantitative estimate of drug-likeness (QED) is 0.628. The summed E-state index contributed by atoms with van der Waals surface area (Å²) < 4.78 is 41.9. The number of hydrazone groups is 1. The van der Waals surface area contributed by atoms with Crippen LogP contribution in [0.25, 0.3) is 0 Å². The SMILES string of the molecule is C/C(N)=C(\C(=O)Nc1ccnn1C(C)C)N1N=C(c2ccccc2C(F)(F)F)C=CN1. The second kappa shape index (κ2) is 8.54. The third-order valence-corrected chi connectivity index (χ3v) is 4.36. The van der Waals surface area contributed by atoms with Crippen LogP contribution < -0.4 is 16.5 Å². The summed E-state index contributed by atoms with van der Waals surface area (Å²) in [6.07, 6.45) is -0.251. The molecule has 0 atom stereocenters. The minimum atomic E-state index is -4.56. The van der Waals surface area contributed by atoms with Crippen molar-refractivity contribution >= 4 is 17.4 Å². The number of halogens is 3. The Kier molecular flexibility index (Phi) is 6.04. The zero-order valence-electron chi connectivity index (χ0n) is 17.1. The molecule has 31 heavy (non-hydrogen) atoms. The average Bonchev–Trinajstić information content (AvgIpc) is 3.16. The molecule has 0 radical (unpaired) electrons. The number of amides is 1. The predicted molar refractivity (Wildman–Crippen MR) is 110 cm³/mol. The van der Waals surface area contributed by atoms with Crippen molar-refractivity contribution in [3.05, 3.63) is 71.3 Å². The molecule has 1 aromatic heterocycles. The van der Waals surface area contributed by atoms with E-state index in [1.807, 2.05) is 13.8 Å². The van der Waals surface area contributed by atoms with Crippen molar-refractivity contribution in [1.82, 2.24) is 20.3 Å². The molecule has 0 aliphatic carbocycles. The van der Waals surface area contributed by atoms with Gasteiger partial charge in [0.05, 0.1) is 17.5 Å². The van der Waals surface area contributed by atoms with Crippen molar-refractivity contribution in [1.29, 1.82) is 0 Å². The molecule has 3 rings (SSSR count). The number of carbonyl (C=O) groups is 1. The third kappa shape index (κ3) is 4.71. The molecule has 0 fully saturated rings. The Morgan fingerprint density at radius 2 is 1.94 bits per heavy atom. The highest BCUT2D eigenvalue weighted by molar-refractivity contribution is 6.10. The monoisotopic (exact) mass is 433 g/mol. The van der Waals surface area contributed by atoms with Gasteiger partial charge in [0.2, 0.25) is 0 Å². The van der Waals surface area contributed by atoms with Crippen LogP contribution in [0.5, 0.6) is 0 Å². The number of allylic oxidation sites excluding steroid dienone is 2. The number of nitrogens with one attached hydrogen (secondary N) is 2.